The number of hydrogen-bond acceptors (Lipinski definition) is 6. The second-order valence-electron chi connectivity index (χ2n) is 16.4. The summed E-state index contributed by atoms with van der Waals surface area (Å²) in [6.07, 6.45) is 28.8. The van der Waals surface area contributed by atoms with E-state index in [-0.39, 0.29) is 30.2 Å². The monoisotopic (exact) mass is 823 g/mol. The van der Waals surface area contributed by atoms with E-state index in [0.717, 1.165) is 54.4 Å². The Morgan fingerprint density at radius 3 is 1.59 bits per heavy atom. The summed E-state index contributed by atoms with van der Waals surface area (Å²) < 4.78 is 11.7. The van der Waals surface area contributed by atoms with Gasteiger partial charge in [0.15, 0.2) is 0 Å². The molecule has 0 saturated carbocycles. The van der Waals surface area contributed by atoms with E-state index in [0.29, 0.717) is 25.4 Å². The second-order valence-corrected chi connectivity index (χ2v) is 17.5. The maximum atomic E-state index is 13.0. The first-order valence-electron chi connectivity index (χ1n) is 23.2. The van der Waals surface area contributed by atoms with Crippen molar-refractivity contribution in [2.45, 2.75) is 186 Å². The maximum Gasteiger partial charge on any atom is 0.407 e. The molecule has 3 N–H and O–H groups in total. The highest BCUT2D eigenvalue weighted by Crippen LogP contribution is 2.44. The Morgan fingerprint density at radius 1 is 0.621 bits per heavy atom. The molecule has 0 saturated heterocycles. The minimum atomic E-state index is -1.13. The molecule has 2 unspecified atom stereocenters. The molecule has 9 heteroatoms. The topological polar surface area (TPSA) is 114 Å². The predicted octanol–water partition coefficient (Wildman–Crippen LogP) is 12.6. The molecular formula is C49H78N2O6S. The normalized spacial score (nSPS) is 13.1. The zero-order valence-corrected chi connectivity index (χ0v) is 37.1. The van der Waals surface area contributed by atoms with Crippen molar-refractivity contribution in [2.75, 3.05) is 31.3 Å². The van der Waals surface area contributed by atoms with Crippen LogP contribution in [-0.2, 0) is 19.1 Å². The molecule has 0 fully saturated rings. The number of ether oxygens (including phenoxy) is 2. The molecule has 1 aliphatic carbocycles. The fourth-order valence-corrected chi connectivity index (χ4v) is 9.00. The van der Waals surface area contributed by atoms with Gasteiger partial charge in [-0.2, -0.15) is 11.8 Å². The van der Waals surface area contributed by atoms with E-state index in [1.165, 1.54) is 127 Å². The number of carboxylic acid groups (broad SMARTS) is 1. The average Bonchev–Trinajstić information content (AvgIpc) is 3.54. The quantitative estimate of drug-likeness (QED) is 0.0586. The van der Waals surface area contributed by atoms with Crippen LogP contribution in [0.3, 0.4) is 0 Å². The van der Waals surface area contributed by atoms with Crippen LogP contribution in [0, 0.1) is 0 Å². The van der Waals surface area contributed by atoms with Crippen molar-refractivity contribution in [2.24, 2.45) is 0 Å². The van der Waals surface area contributed by atoms with Crippen LogP contribution in [0.4, 0.5) is 4.79 Å². The third-order valence-corrected chi connectivity index (χ3v) is 12.6. The number of rotatable bonds is 36. The Kier molecular flexibility index (Phi) is 27.1. The van der Waals surface area contributed by atoms with Crippen molar-refractivity contribution in [3.63, 3.8) is 0 Å². The molecule has 0 heterocycles. The van der Waals surface area contributed by atoms with Gasteiger partial charge >= 0.3 is 12.1 Å². The SMILES string of the molecule is CCCCCCCCCCCCCCCCOCC(CSCC(NC(=O)OCC1c2ccccc2-c2ccccc21)C(=O)O)NC(=O)CCCCCCCCCCC. The number of carboxylic acids is 1. The van der Waals surface area contributed by atoms with Gasteiger partial charge in [0.05, 0.1) is 12.6 Å². The van der Waals surface area contributed by atoms with Crippen molar-refractivity contribution >= 4 is 29.7 Å². The molecule has 326 valence electrons. The number of alkyl carbamates (subject to hydrolysis) is 1. The predicted molar refractivity (Wildman–Crippen MR) is 242 cm³/mol. The Hall–Kier alpha value is -3.04. The van der Waals surface area contributed by atoms with Gasteiger partial charge in [-0.15, -0.1) is 0 Å². The van der Waals surface area contributed by atoms with Crippen LogP contribution in [0.2, 0.25) is 0 Å². The minimum Gasteiger partial charge on any atom is -0.480 e. The molecule has 0 radical (unpaired) electrons. The minimum absolute atomic E-state index is 0.0141. The molecule has 0 aromatic heterocycles. The lowest BCUT2D eigenvalue weighted by Crippen LogP contribution is -2.44. The summed E-state index contributed by atoms with van der Waals surface area (Å²) >= 11 is 1.39. The smallest absolute Gasteiger partial charge is 0.407 e. The molecule has 2 atom stereocenters. The lowest BCUT2D eigenvalue weighted by atomic mass is 9.98. The lowest BCUT2D eigenvalue weighted by Gasteiger charge is -2.21. The van der Waals surface area contributed by atoms with Crippen molar-refractivity contribution in [1.29, 1.82) is 0 Å². The summed E-state index contributed by atoms with van der Waals surface area (Å²) in [6.45, 7) is 5.65. The molecule has 2 amide bonds. The Labute approximate surface area is 356 Å². The van der Waals surface area contributed by atoms with Crippen LogP contribution in [0.5, 0.6) is 0 Å². The number of carbonyl (C=O) groups excluding carboxylic acids is 2. The largest absolute Gasteiger partial charge is 0.480 e. The highest BCUT2D eigenvalue weighted by atomic mass is 32.2. The summed E-state index contributed by atoms with van der Waals surface area (Å²) in [5.74, 6) is -0.594. The zero-order valence-electron chi connectivity index (χ0n) is 36.3. The fourth-order valence-electron chi connectivity index (χ4n) is 7.94. The zero-order chi connectivity index (χ0) is 41.5. The first kappa shape index (κ1) is 49.3. The van der Waals surface area contributed by atoms with Gasteiger partial charge < -0.3 is 25.2 Å². The highest BCUT2D eigenvalue weighted by Gasteiger charge is 2.30. The molecular weight excluding hydrogens is 745 g/mol. The molecule has 2 aromatic carbocycles. The van der Waals surface area contributed by atoms with E-state index < -0.39 is 18.1 Å². The number of fused-ring (bicyclic) bond motifs is 3. The number of unbranched alkanes of at least 4 members (excludes halogenated alkanes) is 21. The van der Waals surface area contributed by atoms with Crippen molar-refractivity contribution in [3.8, 4) is 11.1 Å². The first-order chi connectivity index (χ1) is 28.4. The van der Waals surface area contributed by atoms with Gasteiger partial charge in [-0.1, -0.05) is 197 Å². The number of nitrogens with one attached hydrogen (secondary N) is 2. The summed E-state index contributed by atoms with van der Waals surface area (Å²) in [4.78, 5) is 38.1. The molecule has 3 rings (SSSR count). The van der Waals surface area contributed by atoms with E-state index in [1.54, 1.807) is 0 Å². The van der Waals surface area contributed by atoms with E-state index in [4.69, 9.17) is 9.47 Å². The van der Waals surface area contributed by atoms with Gasteiger partial charge in [-0.25, -0.2) is 9.59 Å². The van der Waals surface area contributed by atoms with Crippen LogP contribution in [-0.4, -0.2) is 66.5 Å². The number of thioether (sulfide) groups is 1. The van der Waals surface area contributed by atoms with Gasteiger partial charge in [0, 0.05) is 30.5 Å². The number of benzene rings is 2. The summed E-state index contributed by atoms with van der Waals surface area (Å²) in [5.41, 5.74) is 4.45. The first-order valence-corrected chi connectivity index (χ1v) is 24.4. The van der Waals surface area contributed by atoms with Gasteiger partial charge in [-0.05, 0) is 35.1 Å². The highest BCUT2D eigenvalue weighted by molar-refractivity contribution is 7.99. The Balaban J connectivity index is 1.37. The Bertz CT molecular complexity index is 1360. The molecule has 0 spiro atoms. The van der Waals surface area contributed by atoms with Crippen LogP contribution in [0.1, 0.15) is 185 Å². The van der Waals surface area contributed by atoms with E-state index in [9.17, 15) is 19.5 Å². The maximum absolute atomic E-state index is 13.0. The molecule has 2 aromatic rings. The summed E-state index contributed by atoms with van der Waals surface area (Å²) in [7, 11) is 0. The van der Waals surface area contributed by atoms with Crippen molar-refractivity contribution in [3.05, 3.63) is 59.7 Å². The van der Waals surface area contributed by atoms with Gasteiger partial charge in [-0.3, -0.25) is 4.79 Å². The Morgan fingerprint density at radius 2 is 1.09 bits per heavy atom. The summed E-state index contributed by atoms with van der Waals surface area (Å²) in [6, 6.07) is 14.8. The van der Waals surface area contributed by atoms with Crippen LogP contribution >= 0.6 is 11.8 Å². The third kappa shape index (κ3) is 20.8. The molecule has 1 aliphatic rings. The van der Waals surface area contributed by atoms with Gasteiger partial charge in [0.25, 0.3) is 0 Å². The number of aliphatic carboxylic acids is 1. The molecule has 8 nitrogen and oxygen atoms in total. The lowest BCUT2D eigenvalue weighted by molar-refractivity contribution is -0.138. The fraction of sp³-hybridized carbons (Fsp3) is 0.694. The van der Waals surface area contributed by atoms with Crippen molar-refractivity contribution < 1.29 is 29.0 Å². The van der Waals surface area contributed by atoms with Crippen LogP contribution < -0.4 is 10.6 Å². The number of carbonyl (C=O) groups is 3. The van der Waals surface area contributed by atoms with Crippen molar-refractivity contribution in [1.82, 2.24) is 10.6 Å². The van der Waals surface area contributed by atoms with Crippen LogP contribution in [0.15, 0.2) is 48.5 Å². The van der Waals surface area contributed by atoms with Gasteiger partial charge in [0.2, 0.25) is 5.91 Å². The standard InChI is InChI=1S/C49H78N2O6S/c1-3-5-7-9-11-13-14-15-16-17-19-21-23-29-35-56-36-40(50-47(52)34-24-22-20-18-12-10-8-6-4-2)38-58-39-46(48(53)54)51-49(55)57-37-45-43-32-27-25-30-41(43)42-31-26-28-33-44(42)45/h25-28,30-33,40,45-46H,3-24,29,34-39H2,1-2H3,(H,50,52)(H,51,55)(H,53,54). The number of hydrogen-bond donors (Lipinski definition) is 3. The third-order valence-electron chi connectivity index (χ3n) is 11.4. The average molecular weight is 823 g/mol. The number of amides is 2. The molecule has 0 aliphatic heterocycles. The molecule has 58 heavy (non-hydrogen) atoms. The summed E-state index contributed by atoms with van der Waals surface area (Å²) in [5, 5.41) is 15.7. The van der Waals surface area contributed by atoms with E-state index in [2.05, 4.69) is 36.6 Å². The van der Waals surface area contributed by atoms with Gasteiger partial charge in [0.1, 0.15) is 12.6 Å². The second kappa shape index (κ2) is 31.8. The molecule has 0 bridgehead atoms. The van der Waals surface area contributed by atoms with E-state index >= 15 is 0 Å². The van der Waals surface area contributed by atoms with Crippen LogP contribution in [0.25, 0.3) is 11.1 Å². The van der Waals surface area contributed by atoms with E-state index in [1.807, 2.05) is 36.4 Å².